The zero-order chi connectivity index (χ0) is 27.8. The fourth-order valence-corrected chi connectivity index (χ4v) is 5.63. The summed E-state index contributed by atoms with van der Waals surface area (Å²) in [6.45, 7) is 1.86. The number of fused-ring (bicyclic) bond motifs is 1. The number of hydrogen-bond donors (Lipinski definition) is 4. The number of esters is 1. The number of para-hydroxylation sites is 1. The average molecular weight is 570 g/mol. The van der Waals surface area contributed by atoms with Gasteiger partial charge < -0.3 is 20.4 Å². The van der Waals surface area contributed by atoms with Crippen LogP contribution in [0.1, 0.15) is 25.3 Å². The second-order valence-electron chi connectivity index (χ2n) is 8.45. The first-order chi connectivity index (χ1) is 18.7. The molecule has 2 aromatic heterocycles. The molecule has 0 aliphatic rings. The largest absolute Gasteiger partial charge is 0.464 e. The standard InChI is InChI=1S/C26H27N5O6S2/c1-2-37-25(34)22(15-17-16-28-21-6-4-3-5-20(17)21)30-24(33)12-11-23(32)29-18-7-9-19(10-8-18)39(35,36)31-26-27-13-14-38-26/h3-10,13-14,16,22,28H,2,11-12,15H2,1H3,(H,27,31)(H,29,32)(H,30,33). The lowest BCUT2D eigenvalue weighted by Crippen LogP contribution is -2.43. The van der Waals surface area contributed by atoms with E-state index in [9.17, 15) is 22.8 Å². The molecular formula is C26H27N5O6S2. The lowest BCUT2D eigenvalue weighted by atomic mass is 10.0. The zero-order valence-corrected chi connectivity index (χ0v) is 22.6. The van der Waals surface area contributed by atoms with Crippen LogP contribution in [0.4, 0.5) is 10.8 Å². The number of hydrogen-bond acceptors (Lipinski definition) is 8. The normalized spacial score (nSPS) is 12.0. The molecule has 39 heavy (non-hydrogen) atoms. The predicted octanol–water partition coefficient (Wildman–Crippen LogP) is 3.43. The number of aromatic nitrogens is 2. The third kappa shape index (κ3) is 7.42. The summed E-state index contributed by atoms with van der Waals surface area (Å²) < 4.78 is 32.4. The summed E-state index contributed by atoms with van der Waals surface area (Å²) in [7, 11) is -3.81. The Morgan fingerprint density at radius 1 is 1.05 bits per heavy atom. The molecule has 2 heterocycles. The molecule has 13 heteroatoms. The number of nitrogens with zero attached hydrogens (tertiary/aromatic N) is 1. The van der Waals surface area contributed by atoms with Crippen molar-refractivity contribution >= 4 is 60.9 Å². The molecule has 0 bridgehead atoms. The van der Waals surface area contributed by atoms with Gasteiger partial charge in [0.25, 0.3) is 10.0 Å². The Morgan fingerprint density at radius 2 is 1.79 bits per heavy atom. The second-order valence-corrected chi connectivity index (χ2v) is 11.0. The first kappa shape index (κ1) is 27.8. The van der Waals surface area contributed by atoms with Crippen LogP contribution in [0.25, 0.3) is 10.9 Å². The molecule has 1 unspecified atom stereocenters. The van der Waals surface area contributed by atoms with Crippen LogP contribution in [0, 0.1) is 0 Å². The average Bonchev–Trinajstić information content (AvgIpc) is 3.57. The SMILES string of the molecule is CCOC(=O)C(Cc1c[nH]c2ccccc12)NC(=O)CCC(=O)Nc1ccc(S(=O)(=O)Nc2nccs2)cc1. The second kappa shape index (κ2) is 12.5. The summed E-state index contributed by atoms with van der Waals surface area (Å²) in [5.74, 6) is -1.47. The van der Waals surface area contributed by atoms with Crippen molar-refractivity contribution in [3.8, 4) is 0 Å². The third-order valence-electron chi connectivity index (χ3n) is 5.69. The minimum absolute atomic E-state index is 0.00952. The first-order valence-corrected chi connectivity index (χ1v) is 14.4. The summed E-state index contributed by atoms with van der Waals surface area (Å²) in [6, 6.07) is 12.3. The molecule has 2 aromatic carbocycles. The van der Waals surface area contributed by atoms with E-state index < -0.39 is 33.8 Å². The topological polar surface area (TPSA) is 159 Å². The number of thiazole rings is 1. The zero-order valence-electron chi connectivity index (χ0n) is 21.0. The van der Waals surface area contributed by atoms with Gasteiger partial charge in [-0.2, -0.15) is 0 Å². The monoisotopic (exact) mass is 569 g/mol. The number of anilines is 2. The molecule has 0 aliphatic carbocycles. The summed E-state index contributed by atoms with van der Waals surface area (Å²) in [6.07, 6.45) is 3.22. The summed E-state index contributed by atoms with van der Waals surface area (Å²) in [5, 5.41) is 8.16. The van der Waals surface area contributed by atoms with E-state index in [1.807, 2.05) is 24.3 Å². The van der Waals surface area contributed by atoms with Gasteiger partial charge in [-0.15, -0.1) is 11.3 Å². The van der Waals surface area contributed by atoms with Crippen molar-refractivity contribution in [3.05, 3.63) is 71.9 Å². The van der Waals surface area contributed by atoms with E-state index in [0.717, 1.165) is 27.8 Å². The highest BCUT2D eigenvalue weighted by molar-refractivity contribution is 7.93. The Hall–Kier alpha value is -4.23. The van der Waals surface area contributed by atoms with Crippen LogP contribution in [0.15, 0.2) is 71.2 Å². The van der Waals surface area contributed by atoms with E-state index in [4.69, 9.17) is 4.74 Å². The molecule has 4 aromatic rings. The highest BCUT2D eigenvalue weighted by atomic mass is 32.2. The smallest absolute Gasteiger partial charge is 0.328 e. The predicted molar refractivity (Wildman–Crippen MR) is 148 cm³/mol. The van der Waals surface area contributed by atoms with Gasteiger partial charge in [0.05, 0.1) is 11.5 Å². The maximum Gasteiger partial charge on any atom is 0.328 e. The van der Waals surface area contributed by atoms with Gasteiger partial charge in [-0.25, -0.2) is 18.2 Å². The number of aromatic amines is 1. The lowest BCUT2D eigenvalue weighted by molar-refractivity contribution is -0.147. The number of ether oxygens (including phenoxy) is 1. The van der Waals surface area contributed by atoms with Gasteiger partial charge in [-0.1, -0.05) is 18.2 Å². The number of rotatable bonds is 12. The van der Waals surface area contributed by atoms with Crippen molar-refractivity contribution in [1.82, 2.24) is 15.3 Å². The van der Waals surface area contributed by atoms with Gasteiger partial charge in [-0.05, 0) is 42.8 Å². The molecule has 11 nitrogen and oxygen atoms in total. The van der Waals surface area contributed by atoms with E-state index in [1.165, 1.54) is 30.5 Å². The number of amides is 2. The van der Waals surface area contributed by atoms with E-state index in [-0.39, 0.29) is 35.9 Å². The number of nitrogens with one attached hydrogen (secondary N) is 4. The maximum absolute atomic E-state index is 12.6. The third-order valence-corrected chi connectivity index (χ3v) is 7.86. The molecular weight excluding hydrogens is 542 g/mol. The Kier molecular flexibility index (Phi) is 8.94. The van der Waals surface area contributed by atoms with Crippen molar-refractivity contribution < 1.29 is 27.5 Å². The minimum atomic E-state index is -3.81. The quantitative estimate of drug-likeness (QED) is 0.190. The van der Waals surface area contributed by atoms with Crippen LogP contribution in [0.2, 0.25) is 0 Å². The van der Waals surface area contributed by atoms with Crippen LogP contribution in [0.3, 0.4) is 0 Å². The van der Waals surface area contributed by atoms with E-state index in [1.54, 1.807) is 18.5 Å². The van der Waals surface area contributed by atoms with Crippen LogP contribution < -0.4 is 15.4 Å². The molecule has 1 atom stereocenters. The number of H-pyrrole nitrogens is 1. The van der Waals surface area contributed by atoms with Gasteiger partial charge in [0, 0.05) is 53.6 Å². The van der Waals surface area contributed by atoms with Crippen LogP contribution >= 0.6 is 11.3 Å². The van der Waals surface area contributed by atoms with Crippen molar-refractivity contribution in [3.63, 3.8) is 0 Å². The molecule has 204 valence electrons. The van der Waals surface area contributed by atoms with E-state index in [2.05, 4.69) is 25.3 Å². The highest BCUT2D eigenvalue weighted by Gasteiger charge is 2.24. The summed E-state index contributed by atoms with van der Waals surface area (Å²) in [4.78, 5) is 44.6. The van der Waals surface area contributed by atoms with Crippen molar-refractivity contribution in [2.45, 2.75) is 37.1 Å². The van der Waals surface area contributed by atoms with E-state index in [0.29, 0.717) is 5.69 Å². The molecule has 2 amide bonds. The van der Waals surface area contributed by atoms with Crippen molar-refractivity contribution in [2.75, 3.05) is 16.6 Å². The van der Waals surface area contributed by atoms with Gasteiger partial charge in [0.1, 0.15) is 6.04 Å². The first-order valence-electron chi connectivity index (χ1n) is 12.1. The van der Waals surface area contributed by atoms with Gasteiger partial charge in [-0.3, -0.25) is 14.3 Å². The molecule has 0 saturated carbocycles. The Morgan fingerprint density at radius 3 is 2.51 bits per heavy atom. The molecule has 4 rings (SSSR count). The Bertz CT molecular complexity index is 1550. The highest BCUT2D eigenvalue weighted by Crippen LogP contribution is 2.21. The molecule has 0 radical (unpaired) electrons. The molecule has 0 spiro atoms. The van der Waals surface area contributed by atoms with E-state index >= 15 is 0 Å². The van der Waals surface area contributed by atoms with Crippen LogP contribution in [-0.4, -0.2) is 48.8 Å². The molecule has 0 saturated heterocycles. The molecule has 4 N–H and O–H groups in total. The van der Waals surface area contributed by atoms with Crippen LogP contribution in [0.5, 0.6) is 0 Å². The van der Waals surface area contributed by atoms with Crippen molar-refractivity contribution in [2.24, 2.45) is 0 Å². The lowest BCUT2D eigenvalue weighted by Gasteiger charge is -2.17. The number of benzene rings is 2. The molecule has 0 fully saturated rings. The summed E-state index contributed by atoms with van der Waals surface area (Å²) in [5.41, 5.74) is 2.14. The fourth-order valence-electron chi connectivity index (χ4n) is 3.84. The molecule has 0 aliphatic heterocycles. The summed E-state index contributed by atoms with van der Waals surface area (Å²) >= 11 is 1.15. The fraction of sp³-hybridized carbons (Fsp3) is 0.231. The minimum Gasteiger partial charge on any atom is -0.464 e. The number of sulfonamides is 1. The Labute approximate surface area is 229 Å². The van der Waals surface area contributed by atoms with Gasteiger partial charge in [0.2, 0.25) is 11.8 Å². The Balaban J connectivity index is 1.30. The van der Waals surface area contributed by atoms with Gasteiger partial charge in [0.15, 0.2) is 5.13 Å². The van der Waals surface area contributed by atoms with Crippen molar-refractivity contribution in [1.29, 1.82) is 0 Å². The van der Waals surface area contributed by atoms with Gasteiger partial charge >= 0.3 is 5.97 Å². The number of carbonyl (C=O) groups is 3. The van der Waals surface area contributed by atoms with Crippen LogP contribution in [-0.2, 0) is 35.6 Å². The maximum atomic E-state index is 12.6. The number of carbonyl (C=O) groups excluding carboxylic acids is 3.